The Morgan fingerprint density at radius 2 is 2.10 bits per heavy atom. The summed E-state index contributed by atoms with van der Waals surface area (Å²) in [5, 5.41) is 14.8. The predicted octanol–water partition coefficient (Wildman–Crippen LogP) is 3.28. The van der Waals surface area contributed by atoms with Crippen LogP contribution < -0.4 is 10.1 Å². The van der Waals surface area contributed by atoms with Gasteiger partial charge >= 0.3 is 0 Å². The van der Waals surface area contributed by atoms with Crippen LogP contribution in [0, 0.1) is 0 Å². The third-order valence-corrected chi connectivity index (χ3v) is 6.35. The van der Waals surface area contributed by atoms with Crippen molar-refractivity contribution in [1.82, 2.24) is 15.1 Å². The molecular formula is C20H20N4O4S2. The van der Waals surface area contributed by atoms with Crippen molar-refractivity contribution < 1.29 is 18.7 Å². The molecule has 2 amide bonds. The summed E-state index contributed by atoms with van der Waals surface area (Å²) in [5.41, 5.74) is 1.54. The maximum absolute atomic E-state index is 12.7. The van der Waals surface area contributed by atoms with Crippen LogP contribution in [-0.2, 0) is 16.0 Å². The number of thiophene rings is 1. The summed E-state index contributed by atoms with van der Waals surface area (Å²) in [6.45, 7) is 0. The number of aromatic nitrogens is 2. The molecular weight excluding hydrogens is 424 g/mol. The molecule has 0 spiro atoms. The monoisotopic (exact) mass is 444 g/mol. The number of aryl methyl sites for hydroxylation is 1. The average Bonchev–Trinajstić information content (AvgIpc) is 3.53. The lowest BCUT2D eigenvalue weighted by Gasteiger charge is -2.23. The van der Waals surface area contributed by atoms with Crippen LogP contribution in [0.15, 0.2) is 45.5 Å². The highest BCUT2D eigenvalue weighted by atomic mass is 32.2. The number of nitrogens with one attached hydrogen (secondary N) is 1. The molecule has 1 N–H and O–H groups in total. The van der Waals surface area contributed by atoms with Gasteiger partial charge in [0.1, 0.15) is 11.8 Å². The van der Waals surface area contributed by atoms with Gasteiger partial charge in [-0.1, -0.05) is 0 Å². The van der Waals surface area contributed by atoms with Gasteiger partial charge in [-0.05, 0) is 35.7 Å². The number of rotatable bonds is 7. The highest BCUT2D eigenvalue weighted by Crippen LogP contribution is 2.25. The van der Waals surface area contributed by atoms with Crippen molar-refractivity contribution in [3.63, 3.8) is 0 Å². The molecule has 2 aromatic heterocycles. The lowest BCUT2D eigenvalue weighted by molar-refractivity contribution is -0.136. The molecule has 1 aliphatic rings. The normalized spacial score (nSPS) is 15.9. The minimum Gasteiger partial charge on any atom is -0.497 e. The Morgan fingerprint density at radius 1 is 1.27 bits per heavy atom. The first-order valence-electron chi connectivity index (χ1n) is 9.31. The van der Waals surface area contributed by atoms with Gasteiger partial charge in [0.15, 0.2) is 0 Å². The largest absolute Gasteiger partial charge is 0.497 e. The van der Waals surface area contributed by atoms with Crippen molar-refractivity contribution in [2.45, 2.75) is 18.9 Å². The Balaban J connectivity index is 1.33. The first kappa shape index (κ1) is 20.4. The zero-order valence-electron chi connectivity index (χ0n) is 16.2. The number of nitrogens with zero attached hydrogens (tertiary/aromatic N) is 3. The SMILES string of the molecule is COc1ccc(NC(=O)C2CSCN2C(=O)CCc2nnc(-c3ccsc3)o2)cc1. The van der Waals surface area contributed by atoms with E-state index in [1.54, 1.807) is 59.4 Å². The number of hydrogen-bond donors (Lipinski definition) is 1. The van der Waals surface area contributed by atoms with Gasteiger partial charge in [0.05, 0.1) is 13.0 Å². The minimum atomic E-state index is -0.506. The molecule has 10 heteroatoms. The second kappa shape index (κ2) is 9.31. The van der Waals surface area contributed by atoms with E-state index < -0.39 is 6.04 Å². The Hall–Kier alpha value is -2.85. The predicted molar refractivity (Wildman–Crippen MR) is 116 cm³/mol. The number of ether oxygens (including phenoxy) is 1. The lowest BCUT2D eigenvalue weighted by atomic mass is 10.2. The highest BCUT2D eigenvalue weighted by molar-refractivity contribution is 7.99. The van der Waals surface area contributed by atoms with Crippen molar-refractivity contribution in [3.8, 4) is 17.2 Å². The third kappa shape index (κ3) is 4.65. The van der Waals surface area contributed by atoms with Gasteiger partial charge in [0.2, 0.25) is 23.6 Å². The molecule has 0 saturated carbocycles. The van der Waals surface area contributed by atoms with E-state index in [0.29, 0.717) is 41.3 Å². The summed E-state index contributed by atoms with van der Waals surface area (Å²) in [4.78, 5) is 27.0. The average molecular weight is 445 g/mol. The van der Waals surface area contributed by atoms with Gasteiger partial charge in [-0.2, -0.15) is 11.3 Å². The molecule has 1 atom stereocenters. The quantitative estimate of drug-likeness (QED) is 0.597. The molecule has 0 aliphatic carbocycles. The fourth-order valence-electron chi connectivity index (χ4n) is 3.02. The number of carbonyl (C=O) groups is 2. The summed E-state index contributed by atoms with van der Waals surface area (Å²) in [7, 11) is 1.59. The number of amides is 2. The molecule has 1 fully saturated rings. The maximum Gasteiger partial charge on any atom is 0.248 e. The van der Waals surface area contributed by atoms with Crippen LogP contribution in [0.25, 0.3) is 11.5 Å². The molecule has 3 aromatic rings. The number of benzene rings is 1. The van der Waals surface area contributed by atoms with Gasteiger partial charge < -0.3 is 19.4 Å². The number of hydrogen-bond acceptors (Lipinski definition) is 8. The van der Waals surface area contributed by atoms with E-state index in [1.165, 1.54) is 0 Å². The summed E-state index contributed by atoms with van der Waals surface area (Å²) >= 11 is 3.11. The summed E-state index contributed by atoms with van der Waals surface area (Å²) in [5.74, 6) is 2.33. The molecule has 0 bridgehead atoms. The molecule has 156 valence electrons. The van der Waals surface area contributed by atoms with Gasteiger partial charge in [-0.15, -0.1) is 22.0 Å². The molecule has 8 nitrogen and oxygen atoms in total. The van der Waals surface area contributed by atoms with Crippen LogP contribution in [0.2, 0.25) is 0 Å². The summed E-state index contributed by atoms with van der Waals surface area (Å²) in [6.07, 6.45) is 0.544. The number of thioether (sulfide) groups is 1. The zero-order valence-corrected chi connectivity index (χ0v) is 17.9. The number of anilines is 1. The van der Waals surface area contributed by atoms with E-state index >= 15 is 0 Å². The first-order chi connectivity index (χ1) is 14.6. The van der Waals surface area contributed by atoms with E-state index in [0.717, 1.165) is 5.56 Å². The summed E-state index contributed by atoms with van der Waals surface area (Å²) in [6, 6.07) is 8.49. The van der Waals surface area contributed by atoms with Gasteiger partial charge in [0, 0.05) is 35.2 Å². The van der Waals surface area contributed by atoms with Crippen LogP contribution in [-0.4, -0.2) is 51.7 Å². The second-order valence-electron chi connectivity index (χ2n) is 6.61. The van der Waals surface area contributed by atoms with Gasteiger partial charge in [-0.3, -0.25) is 9.59 Å². The zero-order chi connectivity index (χ0) is 20.9. The van der Waals surface area contributed by atoms with Crippen molar-refractivity contribution in [3.05, 3.63) is 47.0 Å². The van der Waals surface area contributed by atoms with Crippen molar-refractivity contribution >= 4 is 40.6 Å². The topological polar surface area (TPSA) is 97.6 Å². The van der Waals surface area contributed by atoms with E-state index in [-0.39, 0.29) is 18.2 Å². The van der Waals surface area contributed by atoms with Crippen LogP contribution in [0.3, 0.4) is 0 Å². The molecule has 30 heavy (non-hydrogen) atoms. The second-order valence-corrected chi connectivity index (χ2v) is 8.39. The Labute approximate surface area is 181 Å². The van der Waals surface area contributed by atoms with Crippen LogP contribution in [0.5, 0.6) is 5.75 Å². The fourth-order valence-corrected chi connectivity index (χ4v) is 4.83. The van der Waals surface area contributed by atoms with Crippen molar-refractivity contribution in [1.29, 1.82) is 0 Å². The molecule has 1 saturated heterocycles. The third-order valence-electron chi connectivity index (χ3n) is 4.65. The number of methoxy groups -OCH3 is 1. The van der Waals surface area contributed by atoms with Crippen molar-refractivity contribution in [2.75, 3.05) is 24.1 Å². The van der Waals surface area contributed by atoms with E-state index in [4.69, 9.17) is 9.15 Å². The van der Waals surface area contributed by atoms with Gasteiger partial charge in [-0.25, -0.2) is 0 Å². The van der Waals surface area contributed by atoms with Crippen LogP contribution in [0.1, 0.15) is 12.3 Å². The van der Waals surface area contributed by atoms with Gasteiger partial charge in [0.25, 0.3) is 0 Å². The Kier molecular flexibility index (Phi) is 6.34. The minimum absolute atomic E-state index is 0.106. The molecule has 0 radical (unpaired) electrons. The van der Waals surface area contributed by atoms with E-state index in [1.807, 2.05) is 16.8 Å². The first-order valence-corrected chi connectivity index (χ1v) is 11.4. The molecule has 4 rings (SSSR count). The maximum atomic E-state index is 12.7. The molecule has 1 unspecified atom stereocenters. The van der Waals surface area contributed by atoms with E-state index in [9.17, 15) is 9.59 Å². The molecule has 3 heterocycles. The van der Waals surface area contributed by atoms with Crippen LogP contribution in [0.4, 0.5) is 5.69 Å². The molecule has 1 aliphatic heterocycles. The number of carbonyl (C=O) groups excluding carboxylic acids is 2. The smallest absolute Gasteiger partial charge is 0.248 e. The Morgan fingerprint density at radius 3 is 2.83 bits per heavy atom. The van der Waals surface area contributed by atoms with Crippen molar-refractivity contribution in [2.24, 2.45) is 0 Å². The lowest BCUT2D eigenvalue weighted by Crippen LogP contribution is -2.44. The standard InChI is InChI=1S/C20H20N4O4S2/c1-27-15-4-2-14(3-5-15)21-19(26)16-11-30-12-24(16)18(25)7-6-17-22-23-20(28-17)13-8-9-29-10-13/h2-5,8-10,16H,6-7,11-12H2,1H3,(H,21,26). The fraction of sp³-hybridized carbons (Fsp3) is 0.300. The molecule has 1 aromatic carbocycles. The highest BCUT2D eigenvalue weighted by Gasteiger charge is 2.34. The van der Waals surface area contributed by atoms with E-state index in [2.05, 4.69) is 15.5 Å². The Bertz CT molecular complexity index is 1000. The van der Waals surface area contributed by atoms with Crippen LogP contribution >= 0.6 is 23.1 Å². The summed E-state index contributed by atoms with van der Waals surface area (Å²) < 4.78 is 10.8.